The zero-order valence-electron chi connectivity index (χ0n) is 18.6. The van der Waals surface area contributed by atoms with Gasteiger partial charge in [-0.05, 0) is 32.9 Å². The Morgan fingerprint density at radius 1 is 1.00 bits per heavy atom. The van der Waals surface area contributed by atoms with Crippen molar-refractivity contribution in [1.29, 1.82) is 0 Å². The van der Waals surface area contributed by atoms with E-state index >= 15 is 0 Å². The summed E-state index contributed by atoms with van der Waals surface area (Å²) in [5.74, 6) is 0.369. The summed E-state index contributed by atoms with van der Waals surface area (Å²) in [6, 6.07) is 6.64. The molecule has 2 aromatic rings. The minimum absolute atomic E-state index is 0.224. The lowest BCUT2D eigenvalue weighted by Gasteiger charge is -2.16. The van der Waals surface area contributed by atoms with Crippen LogP contribution in [-0.4, -0.2) is 45.2 Å². The Morgan fingerprint density at radius 2 is 1.62 bits per heavy atom. The molecule has 1 unspecified atom stereocenters. The van der Waals surface area contributed by atoms with Gasteiger partial charge in [-0.2, -0.15) is 10.2 Å². The summed E-state index contributed by atoms with van der Waals surface area (Å²) >= 11 is 6.04. The van der Waals surface area contributed by atoms with Crippen molar-refractivity contribution in [3.05, 3.63) is 35.4 Å². The van der Waals surface area contributed by atoms with Crippen molar-refractivity contribution in [1.82, 2.24) is 0 Å². The number of rotatable bonds is 11. The summed E-state index contributed by atoms with van der Waals surface area (Å²) in [6.07, 6.45) is 0. The maximum Gasteiger partial charge on any atom is 0.259 e. The van der Waals surface area contributed by atoms with Crippen LogP contribution < -0.4 is 24.3 Å². The summed E-state index contributed by atoms with van der Waals surface area (Å²) in [5, 5.41) is 11.0. The number of azo groups is 1. The van der Waals surface area contributed by atoms with E-state index in [0.717, 1.165) is 0 Å². The van der Waals surface area contributed by atoms with Gasteiger partial charge < -0.3 is 24.3 Å². The number of benzene rings is 2. The van der Waals surface area contributed by atoms with Gasteiger partial charge in [-0.3, -0.25) is 9.59 Å². The number of carbonyl (C=O) groups excluding carboxylic acids is 2. The highest BCUT2D eigenvalue weighted by molar-refractivity contribution is 6.31. The third-order valence-corrected chi connectivity index (χ3v) is 4.39. The highest BCUT2D eigenvalue weighted by Gasteiger charge is 2.26. The van der Waals surface area contributed by atoms with Gasteiger partial charge in [-0.25, -0.2) is 0 Å². The maximum absolute atomic E-state index is 12.9. The van der Waals surface area contributed by atoms with Crippen molar-refractivity contribution in [3.63, 3.8) is 0 Å². The molecular weight excluding hydrogens is 438 g/mol. The Morgan fingerprint density at radius 3 is 2.16 bits per heavy atom. The number of ketones is 1. The second-order valence-electron chi connectivity index (χ2n) is 6.40. The van der Waals surface area contributed by atoms with E-state index in [1.54, 1.807) is 18.2 Å². The minimum atomic E-state index is -1.40. The van der Waals surface area contributed by atoms with Crippen LogP contribution in [-0.2, 0) is 9.59 Å². The van der Waals surface area contributed by atoms with Gasteiger partial charge in [0.1, 0.15) is 34.4 Å². The molecule has 0 fully saturated rings. The molecule has 0 aromatic heterocycles. The Labute approximate surface area is 191 Å². The lowest BCUT2D eigenvalue weighted by molar-refractivity contribution is -0.126. The molecule has 1 amide bonds. The molecule has 0 heterocycles. The Hall–Kier alpha value is -3.33. The number of methoxy groups -OCH3 is 2. The molecule has 10 heteroatoms. The van der Waals surface area contributed by atoms with E-state index in [1.807, 2.05) is 13.8 Å². The smallest absolute Gasteiger partial charge is 0.259 e. The first-order chi connectivity index (χ1) is 15.3. The van der Waals surface area contributed by atoms with Crippen LogP contribution in [0.5, 0.6) is 23.0 Å². The molecule has 2 rings (SSSR count). The fraction of sp³-hybridized carbons (Fsp3) is 0.364. The first kappa shape index (κ1) is 24.9. The number of ether oxygens (including phenoxy) is 4. The number of hydrogen-bond acceptors (Lipinski definition) is 8. The van der Waals surface area contributed by atoms with Crippen molar-refractivity contribution < 1.29 is 28.5 Å². The molecule has 0 aliphatic rings. The summed E-state index contributed by atoms with van der Waals surface area (Å²) in [7, 11) is 2.84. The van der Waals surface area contributed by atoms with Gasteiger partial charge in [0.05, 0.1) is 27.4 Å². The predicted octanol–water partition coefficient (Wildman–Crippen LogP) is 4.83. The van der Waals surface area contributed by atoms with E-state index in [1.165, 1.54) is 33.3 Å². The molecule has 1 N–H and O–H groups in total. The van der Waals surface area contributed by atoms with E-state index in [0.29, 0.717) is 35.4 Å². The molecule has 172 valence electrons. The fourth-order valence-corrected chi connectivity index (χ4v) is 2.94. The van der Waals surface area contributed by atoms with Gasteiger partial charge in [-0.1, -0.05) is 11.6 Å². The summed E-state index contributed by atoms with van der Waals surface area (Å²) < 4.78 is 21.6. The minimum Gasteiger partial charge on any atom is -0.494 e. The molecule has 0 bridgehead atoms. The highest BCUT2D eigenvalue weighted by Crippen LogP contribution is 2.38. The molecule has 2 aromatic carbocycles. The molecule has 9 nitrogen and oxygen atoms in total. The number of hydrogen-bond donors (Lipinski definition) is 1. The molecule has 0 spiro atoms. The van der Waals surface area contributed by atoms with Gasteiger partial charge in [0, 0.05) is 23.2 Å². The van der Waals surface area contributed by atoms with Gasteiger partial charge in [-0.15, -0.1) is 0 Å². The molecular formula is C22H26ClN3O6. The van der Waals surface area contributed by atoms with Crippen molar-refractivity contribution in [2.45, 2.75) is 26.8 Å². The average molecular weight is 464 g/mol. The number of halogens is 1. The number of Topliss-reactive ketones (excluding diaryl/α,β-unsaturated/α-hetero) is 1. The first-order valence-corrected chi connectivity index (χ1v) is 10.3. The van der Waals surface area contributed by atoms with Crippen molar-refractivity contribution in [2.75, 3.05) is 32.8 Å². The molecule has 0 aliphatic heterocycles. The van der Waals surface area contributed by atoms with Crippen molar-refractivity contribution >= 4 is 34.7 Å². The lowest BCUT2D eigenvalue weighted by Crippen LogP contribution is -2.32. The molecule has 1 atom stereocenters. The Bertz CT molecular complexity index is 971. The second-order valence-corrected chi connectivity index (χ2v) is 6.84. The number of nitrogens with zero attached hydrogens (tertiary/aromatic N) is 2. The standard InChI is InChI=1S/C22H26ClN3O6/c1-6-31-15-8-9-16(17(12-15)32-7-2)25-26-20(13(3)27)22(28)24-21-18(29-4)10-14(23)11-19(21)30-5/h8-12,20H,6-7H2,1-5H3,(H,24,28). The van der Waals surface area contributed by atoms with Crippen molar-refractivity contribution in [3.8, 4) is 23.0 Å². The van der Waals surface area contributed by atoms with Crippen LogP contribution in [0.4, 0.5) is 11.4 Å². The van der Waals surface area contributed by atoms with Crippen LogP contribution in [0.2, 0.25) is 5.02 Å². The number of nitrogens with one attached hydrogen (secondary N) is 1. The van der Waals surface area contributed by atoms with E-state index in [2.05, 4.69) is 15.5 Å². The zero-order chi connectivity index (χ0) is 23.7. The monoisotopic (exact) mass is 463 g/mol. The SMILES string of the molecule is CCOc1ccc(N=NC(C(C)=O)C(=O)Nc2c(OC)cc(Cl)cc2OC)c(OCC)c1. The van der Waals surface area contributed by atoms with E-state index in [-0.39, 0.29) is 17.2 Å². The largest absolute Gasteiger partial charge is 0.494 e. The van der Waals surface area contributed by atoms with Gasteiger partial charge >= 0.3 is 0 Å². The number of carbonyl (C=O) groups is 2. The summed E-state index contributed by atoms with van der Waals surface area (Å²) in [6.45, 7) is 5.84. The topological polar surface area (TPSA) is 108 Å². The van der Waals surface area contributed by atoms with Crippen LogP contribution >= 0.6 is 11.6 Å². The normalized spacial score (nSPS) is 11.7. The lowest BCUT2D eigenvalue weighted by atomic mass is 10.2. The maximum atomic E-state index is 12.9. The quantitative estimate of drug-likeness (QED) is 0.377. The first-order valence-electron chi connectivity index (χ1n) is 9.87. The molecule has 32 heavy (non-hydrogen) atoms. The Kier molecular flexibility index (Phi) is 9.27. The molecule has 0 aliphatic carbocycles. The second kappa shape index (κ2) is 11.9. The molecule has 0 saturated carbocycles. The summed E-state index contributed by atoms with van der Waals surface area (Å²) in [5.41, 5.74) is 0.581. The third kappa shape index (κ3) is 6.34. The predicted molar refractivity (Wildman–Crippen MR) is 121 cm³/mol. The van der Waals surface area contributed by atoms with E-state index in [4.69, 9.17) is 30.5 Å². The zero-order valence-corrected chi connectivity index (χ0v) is 19.4. The number of anilines is 1. The third-order valence-electron chi connectivity index (χ3n) is 4.18. The van der Waals surface area contributed by atoms with Crippen LogP contribution in [0.3, 0.4) is 0 Å². The average Bonchev–Trinajstić information content (AvgIpc) is 2.76. The van der Waals surface area contributed by atoms with Gasteiger partial charge in [0.2, 0.25) is 6.04 Å². The van der Waals surface area contributed by atoms with E-state index in [9.17, 15) is 9.59 Å². The van der Waals surface area contributed by atoms with E-state index < -0.39 is 17.7 Å². The molecule has 0 saturated heterocycles. The van der Waals surface area contributed by atoms with Crippen molar-refractivity contribution in [2.24, 2.45) is 10.2 Å². The Balaban J connectivity index is 2.33. The number of amides is 1. The highest BCUT2D eigenvalue weighted by atomic mass is 35.5. The van der Waals surface area contributed by atoms with Gasteiger partial charge in [0.25, 0.3) is 5.91 Å². The van der Waals surface area contributed by atoms with Gasteiger partial charge in [0.15, 0.2) is 5.78 Å². The fourth-order valence-electron chi connectivity index (χ4n) is 2.74. The van der Waals surface area contributed by atoms with Crippen LogP contribution in [0, 0.1) is 0 Å². The van der Waals surface area contributed by atoms with Crippen LogP contribution in [0.1, 0.15) is 20.8 Å². The molecule has 0 radical (unpaired) electrons. The van der Waals surface area contributed by atoms with Crippen LogP contribution in [0.15, 0.2) is 40.6 Å². The van der Waals surface area contributed by atoms with Crippen LogP contribution in [0.25, 0.3) is 0 Å². The summed E-state index contributed by atoms with van der Waals surface area (Å²) in [4.78, 5) is 25.0.